The fourth-order valence-electron chi connectivity index (χ4n) is 2.08. The van der Waals surface area contributed by atoms with Gasteiger partial charge in [0.15, 0.2) is 11.6 Å². The molecule has 21 heavy (non-hydrogen) atoms. The van der Waals surface area contributed by atoms with Crippen molar-refractivity contribution in [2.75, 3.05) is 12.4 Å². The minimum atomic E-state index is -0.875. The summed E-state index contributed by atoms with van der Waals surface area (Å²) in [6.07, 6.45) is 0. The lowest BCUT2D eigenvalue weighted by Gasteiger charge is -2.17. The molecule has 0 aliphatic heterocycles. The molecular weight excluding hydrogens is 274 g/mol. The van der Waals surface area contributed by atoms with Crippen LogP contribution in [0.5, 0.6) is 0 Å². The van der Waals surface area contributed by atoms with Crippen molar-refractivity contribution in [3.05, 3.63) is 65.2 Å². The SMILES string of the molecule is CNC(=O)c1cccc(NC(C)c2cccc(F)c2F)c1. The summed E-state index contributed by atoms with van der Waals surface area (Å²) < 4.78 is 27.0. The van der Waals surface area contributed by atoms with Crippen LogP contribution in [0.2, 0.25) is 0 Å². The van der Waals surface area contributed by atoms with Gasteiger partial charge in [0.2, 0.25) is 0 Å². The Morgan fingerprint density at radius 2 is 1.86 bits per heavy atom. The quantitative estimate of drug-likeness (QED) is 0.905. The lowest BCUT2D eigenvalue weighted by Crippen LogP contribution is -2.18. The molecule has 0 bridgehead atoms. The average molecular weight is 290 g/mol. The molecular formula is C16H16F2N2O. The van der Waals surface area contributed by atoms with Crippen LogP contribution in [0, 0.1) is 11.6 Å². The van der Waals surface area contributed by atoms with E-state index in [0.717, 1.165) is 6.07 Å². The maximum Gasteiger partial charge on any atom is 0.251 e. The van der Waals surface area contributed by atoms with E-state index in [1.54, 1.807) is 38.2 Å². The molecule has 5 heteroatoms. The van der Waals surface area contributed by atoms with Gasteiger partial charge in [-0.15, -0.1) is 0 Å². The fraction of sp³-hybridized carbons (Fsp3) is 0.188. The van der Waals surface area contributed by atoms with Crippen molar-refractivity contribution in [2.45, 2.75) is 13.0 Å². The highest BCUT2D eigenvalue weighted by atomic mass is 19.2. The number of rotatable bonds is 4. The number of amides is 1. The third-order valence-electron chi connectivity index (χ3n) is 3.18. The van der Waals surface area contributed by atoms with Crippen molar-refractivity contribution in [1.29, 1.82) is 0 Å². The maximum absolute atomic E-state index is 13.7. The van der Waals surface area contributed by atoms with Crippen LogP contribution < -0.4 is 10.6 Å². The standard InChI is InChI=1S/C16H16F2N2O/c1-10(13-7-4-8-14(17)15(13)18)20-12-6-3-5-11(9-12)16(21)19-2/h3-10,20H,1-2H3,(H,19,21). The molecule has 0 radical (unpaired) electrons. The first-order valence-electron chi connectivity index (χ1n) is 6.55. The monoisotopic (exact) mass is 290 g/mol. The van der Waals surface area contributed by atoms with Gasteiger partial charge in [-0.1, -0.05) is 18.2 Å². The Balaban J connectivity index is 2.21. The second-order valence-electron chi connectivity index (χ2n) is 4.67. The molecule has 110 valence electrons. The van der Waals surface area contributed by atoms with Crippen LogP contribution in [0.25, 0.3) is 0 Å². The predicted molar refractivity (Wildman–Crippen MR) is 78.2 cm³/mol. The maximum atomic E-state index is 13.7. The Bertz CT molecular complexity index is 658. The van der Waals surface area contributed by atoms with Gasteiger partial charge < -0.3 is 10.6 Å². The summed E-state index contributed by atoms with van der Waals surface area (Å²) in [6.45, 7) is 1.73. The zero-order chi connectivity index (χ0) is 15.4. The van der Waals surface area contributed by atoms with Crippen molar-refractivity contribution >= 4 is 11.6 Å². The Morgan fingerprint density at radius 1 is 1.14 bits per heavy atom. The molecule has 1 unspecified atom stereocenters. The number of hydrogen-bond acceptors (Lipinski definition) is 2. The Morgan fingerprint density at radius 3 is 2.57 bits per heavy atom. The van der Waals surface area contributed by atoms with Crippen LogP contribution in [0.15, 0.2) is 42.5 Å². The third kappa shape index (κ3) is 3.37. The lowest BCUT2D eigenvalue weighted by molar-refractivity contribution is 0.0963. The van der Waals surface area contributed by atoms with E-state index in [2.05, 4.69) is 10.6 Å². The van der Waals surface area contributed by atoms with Gasteiger partial charge in [0.05, 0.1) is 6.04 Å². The Labute approximate surface area is 122 Å². The molecule has 2 rings (SSSR count). The number of benzene rings is 2. The first-order chi connectivity index (χ1) is 10.0. The van der Waals surface area contributed by atoms with E-state index in [4.69, 9.17) is 0 Å². The second-order valence-corrected chi connectivity index (χ2v) is 4.67. The molecule has 2 aromatic rings. The van der Waals surface area contributed by atoms with E-state index < -0.39 is 17.7 Å². The molecule has 3 nitrogen and oxygen atoms in total. The summed E-state index contributed by atoms with van der Waals surface area (Å²) >= 11 is 0. The van der Waals surface area contributed by atoms with E-state index in [0.29, 0.717) is 11.3 Å². The fourth-order valence-corrected chi connectivity index (χ4v) is 2.08. The van der Waals surface area contributed by atoms with Gasteiger partial charge in [-0.3, -0.25) is 4.79 Å². The minimum Gasteiger partial charge on any atom is -0.378 e. The summed E-state index contributed by atoms with van der Waals surface area (Å²) in [5, 5.41) is 5.59. The highest BCUT2D eigenvalue weighted by Gasteiger charge is 2.14. The molecule has 0 aliphatic carbocycles. The van der Waals surface area contributed by atoms with E-state index in [1.165, 1.54) is 12.1 Å². The summed E-state index contributed by atoms with van der Waals surface area (Å²) in [7, 11) is 1.55. The molecule has 1 atom stereocenters. The van der Waals surface area contributed by atoms with Gasteiger partial charge in [0.1, 0.15) is 0 Å². The van der Waals surface area contributed by atoms with E-state index >= 15 is 0 Å². The second kappa shape index (κ2) is 6.35. The van der Waals surface area contributed by atoms with Gasteiger partial charge in [0, 0.05) is 23.9 Å². The molecule has 2 aromatic carbocycles. The van der Waals surface area contributed by atoms with Gasteiger partial charge in [-0.25, -0.2) is 8.78 Å². The molecule has 0 aliphatic rings. The van der Waals surface area contributed by atoms with Gasteiger partial charge in [0.25, 0.3) is 5.91 Å². The topological polar surface area (TPSA) is 41.1 Å². The first-order valence-corrected chi connectivity index (χ1v) is 6.55. The van der Waals surface area contributed by atoms with E-state index in [-0.39, 0.29) is 11.5 Å². The molecule has 0 saturated carbocycles. The highest BCUT2D eigenvalue weighted by molar-refractivity contribution is 5.94. The van der Waals surface area contributed by atoms with E-state index in [1.807, 2.05) is 0 Å². The van der Waals surface area contributed by atoms with Crippen molar-refractivity contribution in [3.8, 4) is 0 Å². The Hall–Kier alpha value is -2.43. The van der Waals surface area contributed by atoms with Crippen molar-refractivity contribution in [1.82, 2.24) is 5.32 Å². The summed E-state index contributed by atoms with van der Waals surface area (Å²) in [5.74, 6) is -1.94. The third-order valence-corrected chi connectivity index (χ3v) is 3.18. The van der Waals surface area contributed by atoms with Crippen LogP contribution >= 0.6 is 0 Å². The van der Waals surface area contributed by atoms with Crippen LogP contribution in [0.4, 0.5) is 14.5 Å². The van der Waals surface area contributed by atoms with Crippen molar-refractivity contribution in [3.63, 3.8) is 0 Å². The zero-order valence-corrected chi connectivity index (χ0v) is 11.8. The van der Waals surface area contributed by atoms with Crippen LogP contribution in [0.1, 0.15) is 28.9 Å². The lowest BCUT2D eigenvalue weighted by atomic mass is 10.1. The molecule has 0 saturated heterocycles. The number of hydrogen-bond donors (Lipinski definition) is 2. The van der Waals surface area contributed by atoms with E-state index in [9.17, 15) is 13.6 Å². The average Bonchev–Trinajstić information content (AvgIpc) is 2.49. The summed E-state index contributed by atoms with van der Waals surface area (Å²) in [5.41, 5.74) is 1.39. The number of anilines is 1. The summed E-state index contributed by atoms with van der Waals surface area (Å²) in [6, 6.07) is 10.5. The van der Waals surface area contributed by atoms with Crippen molar-refractivity contribution in [2.24, 2.45) is 0 Å². The molecule has 2 N–H and O–H groups in total. The molecule has 0 spiro atoms. The largest absolute Gasteiger partial charge is 0.378 e. The first kappa shape index (κ1) is 15.0. The zero-order valence-electron chi connectivity index (χ0n) is 11.8. The minimum absolute atomic E-state index is 0.205. The predicted octanol–water partition coefficient (Wildman–Crippen LogP) is 3.50. The highest BCUT2D eigenvalue weighted by Crippen LogP contribution is 2.23. The molecule has 0 heterocycles. The van der Waals surface area contributed by atoms with Crippen LogP contribution in [0.3, 0.4) is 0 Å². The normalized spacial score (nSPS) is 11.8. The number of carbonyl (C=O) groups is 1. The number of carbonyl (C=O) groups excluding carboxylic acids is 1. The summed E-state index contributed by atoms with van der Waals surface area (Å²) in [4.78, 5) is 11.6. The Kier molecular flexibility index (Phi) is 4.52. The molecule has 1 amide bonds. The van der Waals surface area contributed by atoms with Gasteiger partial charge >= 0.3 is 0 Å². The van der Waals surface area contributed by atoms with Crippen molar-refractivity contribution < 1.29 is 13.6 Å². The van der Waals surface area contributed by atoms with Gasteiger partial charge in [-0.05, 0) is 31.2 Å². The number of halogens is 2. The van der Waals surface area contributed by atoms with Gasteiger partial charge in [-0.2, -0.15) is 0 Å². The number of nitrogens with one attached hydrogen (secondary N) is 2. The van der Waals surface area contributed by atoms with Crippen LogP contribution in [-0.4, -0.2) is 13.0 Å². The molecule has 0 aromatic heterocycles. The van der Waals surface area contributed by atoms with Crippen LogP contribution in [-0.2, 0) is 0 Å². The molecule has 0 fully saturated rings. The smallest absolute Gasteiger partial charge is 0.251 e.